The molecule has 0 aliphatic carbocycles. The number of ether oxygens (including phenoxy) is 1. The molecule has 2 rings (SSSR count). The van der Waals surface area contributed by atoms with Crippen molar-refractivity contribution in [3.63, 3.8) is 0 Å². The van der Waals surface area contributed by atoms with Crippen molar-refractivity contribution in [2.24, 2.45) is 0 Å². The maximum absolute atomic E-state index is 12.2. The minimum atomic E-state index is -0.560. The highest BCUT2D eigenvalue weighted by molar-refractivity contribution is 5.99. The Balaban J connectivity index is 2.16. The van der Waals surface area contributed by atoms with Crippen LogP contribution in [-0.2, 0) is 4.79 Å². The molecule has 5 heteroatoms. The van der Waals surface area contributed by atoms with Crippen LogP contribution in [0.3, 0.4) is 0 Å². The molecular formula is C13H18N2O3. The van der Waals surface area contributed by atoms with Crippen LogP contribution < -0.4 is 15.4 Å². The highest BCUT2D eigenvalue weighted by Gasteiger charge is 2.36. The number of benzene rings is 1. The third kappa shape index (κ3) is 2.41. The van der Waals surface area contributed by atoms with Gasteiger partial charge >= 0.3 is 0 Å². The van der Waals surface area contributed by atoms with Gasteiger partial charge in [-0.3, -0.25) is 4.79 Å². The highest BCUT2D eigenvalue weighted by Crippen LogP contribution is 2.29. The average Bonchev–Trinajstić information content (AvgIpc) is 2.80. The molecule has 1 atom stereocenters. The van der Waals surface area contributed by atoms with Crippen LogP contribution in [0.25, 0.3) is 0 Å². The first kappa shape index (κ1) is 12.7. The lowest BCUT2D eigenvalue weighted by Gasteiger charge is -2.23. The number of hydrogen-bond acceptors (Lipinski definition) is 4. The Morgan fingerprint density at radius 1 is 1.56 bits per heavy atom. The van der Waals surface area contributed by atoms with Crippen molar-refractivity contribution in [2.75, 3.05) is 19.0 Å². The van der Waals surface area contributed by atoms with E-state index in [1.807, 2.05) is 6.92 Å². The van der Waals surface area contributed by atoms with Crippen LogP contribution in [0.5, 0.6) is 11.5 Å². The van der Waals surface area contributed by atoms with E-state index < -0.39 is 5.54 Å². The largest absolute Gasteiger partial charge is 0.506 e. The Morgan fingerprint density at radius 2 is 2.33 bits per heavy atom. The molecule has 1 fully saturated rings. The molecule has 1 heterocycles. The summed E-state index contributed by atoms with van der Waals surface area (Å²) >= 11 is 0. The summed E-state index contributed by atoms with van der Waals surface area (Å²) in [6, 6.07) is 4.74. The second-order valence-electron chi connectivity index (χ2n) is 4.70. The fourth-order valence-corrected chi connectivity index (χ4v) is 2.09. The van der Waals surface area contributed by atoms with E-state index >= 15 is 0 Å². The number of carbonyl (C=O) groups excluding carboxylic acids is 1. The summed E-state index contributed by atoms with van der Waals surface area (Å²) in [5, 5.41) is 15.6. The van der Waals surface area contributed by atoms with Gasteiger partial charge in [-0.05, 0) is 38.4 Å². The van der Waals surface area contributed by atoms with E-state index in [9.17, 15) is 9.90 Å². The molecule has 98 valence electrons. The molecule has 1 unspecified atom stereocenters. The zero-order valence-electron chi connectivity index (χ0n) is 10.6. The molecule has 0 saturated carbocycles. The Morgan fingerprint density at radius 3 is 2.94 bits per heavy atom. The maximum atomic E-state index is 12.2. The summed E-state index contributed by atoms with van der Waals surface area (Å²) in [4.78, 5) is 12.2. The van der Waals surface area contributed by atoms with Crippen LogP contribution in [-0.4, -0.2) is 30.2 Å². The minimum absolute atomic E-state index is 0.0331. The van der Waals surface area contributed by atoms with Crippen molar-refractivity contribution in [1.29, 1.82) is 0 Å². The van der Waals surface area contributed by atoms with Gasteiger partial charge < -0.3 is 20.5 Å². The predicted octanol–water partition coefficient (Wildman–Crippen LogP) is 1.48. The van der Waals surface area contributed by atoms with Gasteiger partial charge in [0.1, 0.15) is 11.5 Å². The summed E-state index contributed by atoms with van der Waals surface area (Å²) in [5.41, 5.74) is -0.190. The van der Waals surface area contributed by atoms with Gasteiger partial charge in [0.25, 0.3) is 0 Å². The van der Waals surface area contributed by atoms with E-state index in [1.54, 1.807) is 12.1 Å². The molecular weight excluding hydrogens is 232 g/mol. The molecule has 1 aliphatic heterocycles. The molecule has 1 amide bonds. The average molecular weight is 250 g/mol. The predicted molar refractivity (Wildman–Crippen MR) is 68.9 cm³/mol. The number of methoxy groups -OCH3 is 1. The normalized spacial score (nSPS) is 22.8. The van der Waals surface area contributed by atoms with Crippen LogP contribution in [0.15, 0.2) is 18.2 Å². The smallest absolute Gasteiger partial charge is 0.244 e. The van der Waals surface area contributed by atoms with Crippen molar-refractivity contribution in [3.05, 3.63) is 18.2 Å². The van der Waals surface area contributed by atoms with Gasteiger partial charge in [0.05, 0.1) is 18.3 Å². The lowest BCUT2D eigenvalue weighted by atomic mass is 9.99. The Kier molecular flexibility index (Phi) is 3.43. The van der Waals surface area contributed by atoms with Gasteiger partial charge in [-0.2, -0.15) is 0 Å². The number of hydrogen-bond donors (Lipinski definition) is 3. The first-order valence-corrected chi connectivity index (χ1v) is 5.99. The minimum Gasteiger partial charge on any atom is -0.506 e. The molecule has 1 aromatic carbocycles. The van der Waals surface area contributed by atoms with Gasteiger partial charge in [-0.25, -0.2) is 0 Å². The fraction of sp³-hybridized carbons (Fsp3) is 0.462. The molecule has 1 aliphatic rings. The molecule has 0 radical (unpaired) electrons. The second-order valence-corrected chi connectivity index (χ2v) is 4.70. The summed E-state index contributed by atoms with van der Waals surface area (Å²) in [7, 11) is 1.54. The van der Waals surface area contributed by atoms with Crippen molar-refractivity contribution in [1.82, 2.24) is 5.32 Å². The number of nitrogens with one attached hydrogen (secondary N) is 2. The zero-order chi connectivity index (χ0) is 13.2. The van der Waals surface area contributed by atoms with E-state index in [2.05, 4.69) is 10.6 Å². The van der Waals surface area contributed by atoms with Crippen LogP contribution in [0.4, 0.5) is 5.69 Å². The topological polar surface area (TPSA) is 70.6 Å². The van der Waals surface area contributed by atoms with E-state index in [0.29, 0.717) is 11.4 Å². The van der Waals surface area contributed by atoms with Crippen molar-refractivity contribution in [2.45, 2.75) is 25.3 Å². The molecule has 1 saturated heterocycles. The monoisotopic (exact) mass is 250 g/mol. The zero-order valence-corrected chi connectivity index (χ0v) is 10.6. The first-order valence-electron chi connectivity index (χ1n) is 5.99. The third-order valence-corrected chi connectivity index (χ3v) is 3.32. The fourth-order valence-electron chi connectivity index (χ4n) is 2.09. The third-order valence-electron chi connectivity index (χ3n) is 3.32. The van der Waals surface area contributed by atoms with E-state index in [-0.39, 0.29) is 11.7 Å². The van der Waals surface area contributed by atoms with Gasteiger partial charge in [0, 0.05) is 6.07 Å². The summed E-state index contributed by atoms with van der Waals surface area (Å²) in [6.45, 7) is 2.71. The number of carbonyl (C=O) groups is 1. The van der Waals surface area contributed by atoms with Gasteiger partial charge in [0.15, 0.2) is 0 Å². The number of rotatable bonds is 3. The number of amides is 1. The lowest BCUT2D eigenvalue weighted by molar-refractivity contribution is -0.121. The number of aromatic hydroxyl groups is 1. The van der Waals surface area contributed by atoms with Crippen LogP contribution >= 0.6 is 0 Å². The summed E-state index contributed by atoms with van der Waals surface area (Å²) < 4.78 is 5.06. The quantitative estimate of drug-likeness (QED) is 0.711. The SMILES string of the molecule is COc1ccc(O)c(NC(=O)C2(C)CCCN2)c1. The van der Waals surface area contributed by atoms with E-state index in [1.165, 1.54) is 13.2 Å². The molecule has 18 heavy (non-hydrogen) atoms. The molecule has 0 spiro atoms. The van der Waals surface area contributed by atoms with Crippen molar-refractivity contribution < 1.29 is 14.6 Å². The molecule has 0 aromatic heterocycles. The van der Waals surface area contributed by atoms with Crippen molar-refractivity contribution in [3.8, 4) is 11.5 Å². The van der Waals surface area contributed by atoms with Crippen molar-refractivity contribution >= 4 is 11.6 Å². The standard InChI is InChI=1S/C13H18N2O3/c1-13(6-3-7-14-13)12(17)15-10-8-9(18-2)4-5-11(10)16/h4-5,8,14,16H,3,6-7H2,1-2H3,(H,15,17). The number of anilines is 1. The Bertz CT molecular complexity index is 454. The number of phenolic OH excluding ortho intramolecular Hbond substituents is 1. The second kappa shape index (κ2) is 4.86. The van der Waals surface area contributed by atoms with E-state index in [0.717, 1.165) is 19.4 Å². The van der Waals surface area contributed by atoms with Gasteiger partial charge in [-0.15, -0.1) is 0 Å². The number of phenols is 1. The molecule has 0 bridgehead atoms. The van der Waals surface area contributed by atoms with Gasteiger partial charge in [-0.1, -0.05) is 0 Å². The van der Waals surface area contributed by atoms with E-state index in [4.69, 9.17) is 4.74 Å². The van der Waals surface area contributed by atoms with Crippen LogP contribution in [0.1, 0.15) is 19.8 Å². The molecule has 3 N–H and O–H groups in total. The first-order chi connectivity index (χ1) is 8.55. The lowest BCUT2D eigenvalue weighted by Crippen LogP contribution is -2.47. The van der Waals surface area contributed by atoms with Crippen LogP contribution in [0.2, 0.25) is 0 Å². The Labute approximate surface area is 106 Å². The molecule has 1 aromatic rings. The maximum Gasteiger partial charge on any atom is 0.244 e. The van der Waals surface area contributed by atoms with Gasteiger partial charge in [0.2, 0.25) is 5.91 Å². The van der Waals surface area contributed by atoms with Crippen LogP contribution in [0, 0.1) is 0 Å². The summed E-state index contributed by atoms with van der Waals surface area (Å²) in [5.74, 6) is 0.488. The molecule has 5 nitrogen and oxygen atoms in total. The Hall–Kier alpha value is -1.75. The summed E-state index contributed by atoms with van der Waals surface area (Å²) in [6.07, 6.45) is 1.78. The highest BCUT2D eigenvalue weighted by atomic mass is 16.5.